The molecule has 1 saturated heterocycles. The minimum Gasteiger partial charge on any atom is -0.388 e. The van der Waals surface area contributed by atoms with Crippen molar-refractivity contribution < 1.29 is 5.11 Å². The van der Waals surface area contributed by atoms with E-state index in [9.17, 15) is 5.11 Å². The Bertz CT molecular complexity index is 611. The summed E-state index contributed by atoms with van der Waals surface area (Å²) in [4.78, 5) is 5.87. The van der Waals surface area contributed by atoms with Crippen LogP contribution in [0.4, 0.5) is 0 Å². The summed E-state index contributed by atoms with van der Waals surface area (Å²) >= 11 is 3.54. The lowest BCUT2D eigenvalue weighted by molar-refractivity contribution is 0.0673. The van der Waals surface area contributed by atoms with Crippen LogP contribution in [-0.4, -0.2) is 38.1 Å². The van der Waals surface area contributed by atoms with E-state index >= 15 is 0 Å². The molecule has 3 heterocycles. The molecule has 1 saturated carbocycles. The number of fused-ring (bicyclic) bond motifs is 1. The maximum absolute atomic E-state index is 10.4. The molecule has 2 aromatic heterocycles. The van der Waals surface area contributed by atoms with Gasteiger partial charge >= 0.3 is 0 Å². The molecule has 1 aliphatic carbocycles. The number of aromatic nitrogens is 2. The maximum atomic E-state index is 10.4. The molecule has 4 rings (SSSR count). The zero-order chi connectivity index (χ0) is 13.6. The monoisotopic (exact) mass is 309 g/mol. The van der Waals surface area contributed by atoms with Gasteiger partial charge in [0.1, 0.15) is 0 Å². The Balaban J connectivity index is 1.49. The van der Waals surface area contributed by atoms with Crippen LogP contribution in [0.5, 0.6) is 0 Å². The normalized spacial score (nSPS) is 26.6. The Morgan fingerprint density at radius 1 is 1.50 bits per heavy atom. The number of nitrogens with one attached hydrogen (secondary N) is 1. The molecule has 2 aliphatic rings. The van der Waals surface area contributed by atoms with Gasteiger partial charge in [-0.3, -0.25) is 4.40 Å². The average molecular weight is 309 g/mol. The smallest absolute Gasteiger partial charge is 0.194 e. The van der Waals surface area contributed by atoms with Crippen molar-refractivity contribution in [3.63, 3.8) is 0 Å². The maximum Gasteiger partial charge on any atom is 0.194 e. The molecule has 1 atom stereocenters. The van der Waals surface area contributed by atoms with Crippen molar-refractivity contribution in [1.29, 1.82) is 0 Å². The third kappa shape index (κ3) is 2.39. The first-order valence-corrected chi connectivity index (χ1v) is 9.24. The van der Waals surface area contributed by atoms with Gasteiger partial charge in [0.2, 0.25) is 0 Å². The molecular weight excluding hydrogens is 290 g/mol. The Labute approximate surface area is 126 Å². The lowest BCUT2D eigenvalue weighted by Crippen LogP contribution is -2.40. The second-order valence-corrected chi connectivity index (χ2v) is 7.88. The van der Waals surface area contributed by atoms with E-state index in [1.807, 2.05) is 11.8 Å². The van der Waals surface area contributed by atoms with Crippen molar-refractivity contribution in [1.82, 2.24) is 14.7 Å². The number of imidazole rings is 1. The fraction of sp³-hybridized carbons (Fsp3) is 0.643. The summed E-state index contributed by atoms with van der Waals surface area (Å²) in [5.41, 5.74) is 2.05. The van der Waals surface area contributed by atoms with Gasteiger partial charge in [0.25, 0.3) is 0 Å². The first-order valence-electron chi connectivity index (χ1n) is 7.20. The van der Waals surface area contributed by atoms with E-state index in [1.165, 1.54) is 24.2 Å². The predicted molar refractivity (Wildman–Crippen MR) is 83.6 cm³/mol. The van der Waals surface area contributed by atoms with E-state index in [-0.39, 0.29) is 0 Å². The molecule has 1 unspecified atom stereocenters. The van der Waals surface area contributed by atoms with Gasteiger partial charge in [0, 0.05) is 36.3 Å². The summed E-state index contributed by atoms with van der Waals surface area (Å²) in [5, 5.41) is 15.9. The summed E-state index contributed by atoms with van der Waals surface area (Å²) in [6.07, 6.45) is 5.56. The quantitative estimate of drug-likeness (QED) is 0.889. The van der Waals surface area contributed by atoms with Gasteiger partial charge in [-0.1, -0.05) is 0 Å². The van der Waals surface area contributed by atoms with Crippen LogP contribution in [0.25, 0.3) is 4.96 Å². The highest BCUT2D eigenvalue weighted by Crippen LogP contribution is 2.41. The number of thiazole rings is 1. The standard InChI is InChI=1S/C14H19N3OS2/c18-14(3-5-19-9-14)8-15-7-11-12(10-1-2-10)16-13-17(11)4-6-20-13/h4,6,10,15,18H,1-3,5,7-9H2. The molecule has 2 N–H and O–H groups in total. The molecule has 2 fully saturated rings. The topological polar surface area (TPSA) is 49.6 Å². The third-order valence-corrected chi connectivity index (χ3v) is 6.18. The molecule has 0 aromatic carbocycles. The Morgan fingerprint density at radius 2 is 2.40 bits per heavy atom. The molecule has 0 bridgehead atoms. The van der Waals surface area contributed by atoms with Gasteiger partial charge in [-0.2, -0.15) is 11.8 Å². The fourth-order valence-corrected chi connectivity index (χ4v) is 4.89. The SMILES string of the molecule is OC1(CNCc2c(C3CC3)nc3sccn23)CCSC1. The summed E-state index contributed by atoms with van der Waals surface area (Å²) in [7, 11) is 0. The molecule has 4 nitrogen and oxygen atoms in total. The Hall–Kier alpha value is -0.560. The average Bonchev–Trinajstić information content (AvgIpc) is 2.86. The van der Waals surface area contributed by atoms with Gasteiger partial charge in [-0.05, 0) is 25.0 Å². The fourth-order valence-electron chi connectivity index (χ4n) is 2.86. The van der Waals surface area contributed by atoms with Crippen molar-refractivity contribution in [2.45, 2.75) is 37.3 Å². The van der Waals surface area contributed by atoms with Gasteiger partial charge in [-0.25, -0.2) is 4.98 Å². The molecule has 1 aliphatic heterocycles. The predicted octanol–water partition coefficient (Wildman–Crippen LogP) is 2.23. The zero-order valence-corrected chi connectivity index (χ0v) is 13.0. The summed E-state index contributed by atoms with van der Waals surface area (Å²) in [6.45, 7) is 1.48. The molecule has 0 spiro atoms. The third-order valence-electron chi connectivity index (χ3n) is 4.19. The van der Waals surface area contributed by atoms with Crippen molar-refractivity contribution in [3.8, 4) is 0 Å². The van der Waals surface area contributed by atoms with Gasteiger partial charge < -0.3 is 10.4 Å². The highest BCUT2D eigenvalue weighted by molar-refractivity contribution is 7.99. The van der Waals surface area contributed by atoms with E-state index in [0.29, 0.717) is 12.5 Å². The number of hydrogen-bond donors (Lipinski definition) is 2. The molecular formula is C14H19N3OS2. The molecule has 20 heavy (non-hydrogen) atoms. The summed E-state index contributed by atoms with van der Waals surface area (Å²) < 4.78 is 2.21. The number of aliphatic hydroxyl groups is 1. The second kappa shape index (κ2) is 5.02. The van der Waals surface area contributed by atoms with Crippen LogP contribution in [0.15, 0.2) is 11.6 Å². The van der Waals surface area contributed by atoms with E-state index in [1.54, 1.807) is 11.3 Å². The van der Waals surface area contributed by atoms with E-state index < -0.39 is 5.60 Å². The van der Waals surface area contributed by atoms with Crippen LogP contribution in [0.3, 0.4) is 0 Å². The van der Waals surface area contributed by atoms with Gasteiger partial charge in [0.15, 0.2) is 4.96 Å². The highest BCUT2D eigenvalue weighted by atomic mass is 32.2. The number of hydrogen-bond acceptors (Lipinski definition) is 5. The van der Waals surface area contributed by atoms with Crippen LogP contribution in [-0.2, 0) is 6.54 Å². The molecule has 2 aromatic rings. The highest BCUT2D eigenvalue weighted by Gasteiger charge is 2.32. The molecule has 108 valence electrons. The summed E-state index contributed by atoms with van der Waals surface area (Å²) in [6, 6.07) is 0. The second-order valence-electron chi connectivity index (χ2n) is 5.90. The van der Waals surface area contributed by atoms with Gasteiger partial charge in [-0.15, -0.1) is 11.3 Å². The van der Waals surface area contributed by atoms with Gasteiger partial charge in [0.05, 0.1) is 17.0 Å². The lowest BCUT2D eigenvalue weighted by Gasteiger charge is -2.21. The van der Waals surface area contributed by atoms with Crippen LogP contribution in [0.2, 0.25) is 0 Å². The Morgan fingerprint density at radius 3 is 3.15 bits per heavy atom. The first kappa shape index (κ1) is 13.1. The summed E-state index contributed by atoms with van der Waals surface area (Å²) in [5.74, 6) is 2.60. The molecule has 6 heteroatoms. The first-order chi connectivity index (χ1) is 9.75. The lowest BCUT2D eigenvalue weighted by atomic mass is 10.0. The Kier molecular flexibility index (Phi) is 3.29. The van der Waals surface area contributed by atoms with E-state index in [4.69, 9.17) is 4.98 Å². The largest absolute Gasteiger partial charge is 0.388 e. The number of nitrogens with zero attached hydrogens (tertiary/aromatic N) is 2. The van der Waals surface area contributed by atoms with Crippen molar-refractivity contribution in [3.05, 3.63) is 23.0 Å². The molecule has 0 radical (unpaired) electrons. The van der Waals surface area contributed by atoms with Crippen molar-refractivity contribution in [2.24, 2.45) is 0 Å². The molecule has 0 amide bonds. The minimum atomic E-state index is -0.511. The van der Waals surface area contributed by atoms with E-state index in [2.05, 4.69) is 21.3 Å². The van der Waals surface area contributed by atoms with Crippen LogP contribution in [0, 0.1) is 0 Å². The van der Waals surface area contributed by atoms with Crippen LogP contribution >= 0.6 is 23.1 Å². The number of thioether (sulfide) groups is 1. The van der Waals surface area contributed by atoms with Crippen LogP contribution < -0.4 is 5.32 Å². The van der Waals surface area contributed by atoms with Crippen molar-refractivity contribution >= 4 is 28.1 Å². The van der Waals surface area contributed by atoms with Crippen molar-refractivity contribution in [2.75, 3.05) is 18.1 Å². The minimum absolute atomic E-state index is 0.511. The number of rotatable bonds is 5. The zero-order valence-electron chi connectivity index (χ0n) is 11.3. The van der Waals surface area contributed by atoms with E-state index in [0.717, 1.165) is 29.4 Å². The van der Waals surface area contributed by atoms with Crippen LogP contribution in [0.1, 0.15) is 36.6 Å².